The number of unbranched alkanes of at least 4 members (excludes halogenated alkanes) is 2. The molecule has 2 unspecified atom stereocenters. The highest BCUT2D eigenvalue weighted by atomic mass is 32.1. The molecule has 48 heavy (non-hydrogen) atoms. The summed E-state index contributed by atoms with van der Waals surface area (Å²) in [6.45, 7) is 22.5. The Balaban J connectivity index is 1.73. The first kappa shape index (κ1) is 37.4. The van der Waals surface area contributed by atoms with Crippen LogP contribution in [0.4, 0.5) is 0 Å². The molecule has 0 bridgehead atoms. The molecule has 4 aromatic heterocycles. The molecule has 260 valence electrons. The van der Waals surface area contributed by atoms with Gasteiger partial charge in [-0.15, -0.1) is 45.3 Å². The van der Waals surface area contributed by atoms with Crippen LogP contribution in [0.15, 0.2) is 24.3 Å². The van der Waals surface area contributed by atoms with Crippen molar-refractivity contribution in [1.82, 2.24) is 0 Å². The Bertz CT molecular complexity index is 1620. The highest BCUT2D eigenvalue weighted by molar-refractivity contribution is 7.27. The molecule has 0 N–H and O–H groups in total. The molecule has 0 spiro atoms. The van der Waals surface area contributed by atoms with Crippen LogP contribution >= 0.6 is 45.3 Å². The maximum atomic E-state index is 15.2. The molecular weight excluding hydrogens is 665 g/mol. The van der Waals surface area contributed by atoms with E-state index in [9.17, 15) is 0 Å². The van der Waals surface area contributed by atoms with Crippen molar-refractivity contribution in [2.75, 3.05) is 0 Å². The number of ketones is 2. The molecule has 2 atom stereocenters. The molecule has 1 aliphatic carbocycles. The van der Waals surface area contributed by atoms with Gasteiger partial charge in [-0.3, -0.25) is 9.59 Å². The Morgan fingerprint density at radius 2 is 0.938 bits per heavy atom. The van der Waals surface area contributed by atoms with Crippen LogP contribution in [0.2, 0.25) is 0 Å². The van der Waals surface area contributed by atoms with Gasteiger partial charge in [0.2, 0.25) is 0 Å². The maximum Gasteiger partial charge on any atom is 0.197 e. The molecule has 0 amide bonds. The SMILES string of the molecule is CCCCC(CC)Cc1sc(CC(CC)CCCC)c2c1C(=O)c1c(-c3ccc(C(C)(C)C)s3)sc(-c3ccc(C(C)(C)C)s3)c1C2=O. The van der Waals surface area contributed by atoms with Crippen molar-refractivity contribution >= 4 is 56.9 Å². The molecule has 0 aromatic carbocycles. The molecule has 0 aliphatic heterocycles. The molecule has 0 radical (unpaired) electrons. The number of carbonyl (C=O) groups excluding carboxylic acids is 2. The molecule has 0 fully saturated rings. The molecule has 2 nitrogen and oxygen atoms in total. The Morgan fingerprint density at radius 3 is 1.25 bits per heavy atom. The first-order chi connectivity index (χ1) is 22.7. The highest BCUT2D eigenvalue weighted by Crippen LogP contribution is 2.52. The Kier molecular flexibility index (Phi) is 11.8. The molecule has 5 rings (SSSR count). The second kappa shape index (κ2) is 15.2. The predicted octanol–water partition coefficient (Wildman–Crippen LogP) is 14.2. The summed E-state index contributed by atoms with van der Waals surface area (Å²) in [7, 11) is 0. The van der Waals surface area contributed by atoms with Crippen LogP contribution in [0.25, 0.3) is 19.5 Å². The van der Waals surface area contributed by atoms with Crippen LogP contribution < -0.4 is 0 Å². The van der Waals surface area contributed by atoms with Gasteiger partial charge in [0, 0.05) is 40.4 Å². The minimum atomic E-state index is 0.0160. The monoisotopic (exact) mass is 720 g/mol. The van der Waals surface area contributed by atoms with Crippen LogP contribution in [0.5, 0.6) is 0 Å². The molecule has 1 aliphatic rings. The van der Waals surface area contributed by atoms with Gasteiger partial charge in [-0.2, -0.15) is 0 Å². The van der Waals surface area contributed by atoms with Crippen molar-refractivity contribution in [2.24, 2.45) is 11.8 Å². The van der Waals surface area contributed by atoms with Gasteiger partial charge in [0.05, 0.1) is 20.9 Å². The summed E-state index contributed by atoms with van der Waals surface area (Å²) < 4.78 is 0. The minimum absolute atomic E-state index is 0.0160. The normalized spacial score (nSPS) is 14.8. The molecule has 0 saturated heterocycles. The van der Waals surface area contributed by atoms with Crippen molar-refractivity contribution in [3.8, 4) is 19.5 Å². The Labute approximate surface area is 306 Å². The first-order valence-corrected chi connectivity index (χ1v) is 21.6. The summed E-state index contributed by atoms with van der Waals surface area (Å²) in [5, 5.41) is 0. The van der Waals surface area contributed by atoms with Gasteiger partial charge < -0.3 is 0 Å². The molecule has 6 heteroatoms. The van der Waals surface area contributed by atoms with E-state index >= 15 is 9.59 Å². The number of thiophene rings is 4. The fraction of sp³-hybridized carbons (Fsp3) is 0.571. The zero-order chi connectivity index (χ0) is 35.0. The largest absolute Gasteiger partial charge is 0.288 e. The minimum Gasteiger partial charge on any atom is -0.288 e. The topological polar surface area (TPSA) is 34.1 Å². The third-order valence-electron chi connectivity index (χ3n) is 10.0. The number of hydrogen-bond donors (Lipinski definition) is 0. The van der Waals surface area contributed by atoms with Gasteiger partial charge in [-0.1, -0.05) is 121 Å². The second-order valence-corrected chi connectivity index (χ2v) is 20.3. The van der Waals surface area contributed by atoms with E-state index in [-0.39, 0.29) is 22.4 Å². The van der Waals surface area contributed by atoms with E-state index in [1.54, 1.807) is 45.3 Å². The molecular formula is C42H56O2S4. The van der Waals surface area contributed by atoms with Crippen molar-refractivity contribution in [3.05, 3.63) is 66.0 Å². The smallest absolute Gasteiger partial charge is 0.197 e. The second-order valence-electron chi connectivity index (χ2n) is 15.9. The van der Waals surface area contributed by atoms with E-state index in [0.29, 0.717) is 23.0 Å². The Hall–Kier alpha value is -1.86. The van der Waals surface area contributed by atoms with Gasteiger partial charge >= 0.3 is 0 Å². The van der Waals surface area contributed by atoms with E-state index in [0.717, 1.165) is 66.1 Å². The van der Waals surface area contributed by atoms with E-state index in [1.807, 2.05) is 0 Å². The van der Waals surface area contributed by atoms with Crippen LogP contribution in [0, 0.1) is 11.8 Å². The Morgan fingerprint density at radius 1 is 0.542 bits per heavy atom. The van der Waals surface area contributed by atoms with Crippen LogP contribution in [-0.4, -0.2) is 11.6 Å². The molecule has 0 saturated carbocycles. The predicted molar refractivity (Wildman–Crippen MR) is 214 cm³/mol. The van der Waals surface area contributed by atoms with Crippen LogP contribution in [-0.2, 0) is 23.7 Å². The van der Waals surface area contributed by atoms with Gasteiger partial charge in [-0.05, 0) is 59.8 Å². The lowest BCUT2D eigenvalue weighted by molar-refractivity contribution is 0.0980. The zero-order valence-corrected chi connectivity index (χ0v) is 34.3. The number of carbonyl (C=O) groups is 2. The fourth-order valence-corrected chi connectivity index (χ4v) is 12.1. The number of rotatable bonds is 14. The van der Waals surface area contributed by atoms with Crippen molar-refractivity contribution in [3.63, 3.8) is 0 Å². The quantitative estimate of drug-likeness (QED) is 0.114. The fourth-order valence-electron chi connectivity index (χ4n) is 6.90. The van der Waals surface area contributed by atoms with E-state index in [2.05, 4.69) is 93.5 Å². The van der Waals surface area contributed by atoms with Gasteiger partial charge in [-0.25, -0.2) is 0 Å². The van der Waals surface area contributed by atoms with Crippen molar-refractivity contribution in [1.29, 1.82) is 0 Å². The van der Waals surface area contributed by atoms with Gasteiger partial charge in [0.1, 0.15) is 0 Å². The average molecular weight is 721 g/mol. The van der Waals surface area contributed by atoms with E-state index in [1.165, 1.54) is 48.3 Å². The highest BCUT2D eigenvalue weighted by Gasteiger charge is 2.42. The third-order valence-corrected chi connectivity index (χ3v) is 15.8. The zero-order valence-electron chi connectivity index (χ0n) is 31.0. The first-order valence-electron chi connectivity index (χ1n) is 18.3. The van der Waals surface area contributed by atoms with Crippen LogP contribution in [0.3, 0.4) is 0 Å². The lowest BCUT2D eigenvalue weighted by Gasteiger charge is -2.19. The van der Waals surface area contributed by atoms with E-state index < -0.39 is 0 Å². The maximum absolute atomic E-state index is 15.2. The number of fused-ring (bicyclic) bond motifs is 2. The van der Waals surface area contributed by atoms with Gasteiger partial charge in [0.15, 0.2) is 11.6 Å². The summed E-state index contributed by atoms with van der Waals surface area (Å²) >= 11 is 7.01. The van der Waals surface area contributed by atoms with Crippen LogP contribution in [0.1, 0.15) is 172 Å². The van der Waals surface area contributed by atoms with Crippen molar-refractivity contribution < 1.29 is 9.59 Å². The lowest BCUT2D eigenvalue weighted by atomic mass is 9.81. The standard InChI is InChI=1S/C42H56O2S4/c1-11-15-17-25(13-3)23-29-33-34(30(45-29)24-26(14-4)18-16-12-2)38(44)36-35(37(33)43)39(27-19-21-31(46-27)41(5,6)7)48-40(36)28-20-22-32(47-28)42(8,9)10/h19-22,25-26H,11-18,23-24H2,1-10H3. The molecule has 4 heterocycles. The molecule has 4 aromatic rings. The summed E-state index contributed by atoms with van der Waals surface area (Å²) in [5.74, 6) is 1.22. The summed E-state index contributed by atoms with van der Waals surface area (Å²) in [5.41, 5.74) is 2.83. The van der Waals surface area contributed by atoms with Gasteiger partial charge in [0.25, 0.3) is 0 Å². The average Bonchev–Trinajstić information content (AvgIpc) is 3.83. The van der Waals surface area contributed by atoms with E-state index in [4.69, 9.17) is 0 Å². The third kappa shape index (κ3) is 7.57. The lowest BCUT2D eigenvalue weighted by Crippen LogP contribution is -2.22. The summed E-state index contributed by atoms with van der Waals surface area (Å²) in [6, 6.07) is 8.79. The summed E-state index contributed by atoms with van der Waals surface area (Å²) in [4.78, 5) is 39.4. The van der Waals surface area contributed by atoms with Crippen molar-refractivity contribution in [2.45, 2.75) is 144 Å². The number of hydrogen-bond acceptors (Lipinski definition) is 6. The summed E-state index contributed by atoms with van der Waals surface area (Å²) in [6.07, 6.45) is 11.1.